The fourth-order valence-corrected chi connectivity index (χ4v) is 2.70. The van der Waals surface area contributed by atoms with Gasteiger partial charge in [0.1, 0.15) is 11.5 Å². The summed E-state index contributed by atoms with van der Waals surface area (Å²) >= 11 is 12.0. The number of amides is 1. The number of fused-ring (bicyclic) bond motifs is 1. The van der Waals surface area contributed by atoms with Gasteiger partial charge in [0.2, 0.25) is 0 Å². The summed E-state index contributed by atoms with van der Waals surface area (Å²) in [6.45, 7) is 0.0939. The number of carbonyl (C=O) groups is 2. The van der Waals surface area contributed by atoms with E-state index in [-0.39, 0.29) is 18.1 Å². The van der Waals surface area contributed by atoms with E-state index < -0.39 is 5.97 Å². The summed E-state index contributed by atoms with van der Waals surface area (Å²) in [4.78, 5) is 30.3. The number of hydrogen-bond acceptors (Lipinski definition) is 3. The molecule has 3 N–H and O–H groups in total. The van der Waals surface area contributed by atoms with Gasteiger partial charge in [0.25, 0.3) is 5.91 Å². The van der Waals surface area contributed by atoms with Crippen molar-refractivity contribution in [3.8, 4) is 0 Å². The van der Waals surface area contributed by atoms with Crippen LogP contribution < -0.4 is 5.32 Å². The van der Waals surface area contributed by atoms with Crippen LogP contribution in [-0.4, -0.2) is 31.5 Å². The van der Waals surface area contributed by atoms with E-state index in [0.717, 1.165) is 0 Å². The van der Waals surface area contributed by atoms with Crippen LogP contribution in [0, 0.1) is 0 Å². The van der Waals surface area contributed by atoms with Gasteiger partial charge in [-0.2, -0.15) is 0 Å². The Bertz CT molecular complexity index is 961. The number of benzene rings is 1. The Morgan fingerprint density at radius 1 is 1.33 bits per heavy atom. The molecule has 0 aliphatic heterocycles. The lowest BCUT2D eigenvalue weighted by Gasteiger charge is -2.06. The first kappa shape index (κ1) is 16.4. The van der Waals surface area contributed by atoms with Crippen LogP contribution in [0.2, 0.25) is 10.0 Å². The minimum absolute atomic E-state index is 0.0489. The first-order valence-corrected chi connectivity index (χ1v) is 7.62. The van der Waals surface area contributed by atoms with Crippen LogP contribution in [0.3, 0.4) is 0 Å². The number of aromatic carboxylic acids is 1. The zero-order chi connectivity index (χ0) is 17.4. The van der Waals surface area contributed by atoms with Gasteiger partial charge in [-0.25, -0.2) is 9.78 Å². The maximum atomic E-state index is 12.4. The fraction of sp³-hybridized carbons (Fsp3) is 0.133. The lowest BCUT2D eigenvalue weighted by atomic mass is 10.1. The molecule has 9 heteroatoms. The highest BCUT2D eigenvalue weighted by Crippen LogP contribution is 2.29. The highest BCUT2D eigenvalue weighted by Gasteiger charge is 2.16. The second-order valence-corrected chi connectivity index (χ2v) is 5.94. The average molecular weight is 367 g/mol. The SMILES string of the molecule is Cn1c(C(=O)O)cnc1CNC(=O)c1c[nH]c2cc(Cl)c(Cl)cc12. The van der Waals surface area contributed by atoms with E-state index in [1.807, 2.05) is 0 Å². The minimum atomic E-state index is -1.08. The molecule has 1 amide bonds. The molecule has 0 saturated carbocycles. The van der Waals surface area contributed by atoms with Crippen molar-refractivity contribution in [3.05, 3.63) is 51.7 Å². The number of carboxylic acid groups (broad SMARTS) is 1. The number of hydrogen-bond donors (Lipinski definition) is 3. The number of carbonyl (C=O) groups excluding carboxylic acids is 1. The largest absolute Gasteiger partial charge is 0.477 e. The molecular formula is C15H12Cl2N4O3. The third kappa shape index (κ3) is 2.83. The minimum Gasteiger partial charge on any atom is -0.477 e. The molecule has 0 spiro atoms. The van der Waals surface area contributed by atoms with Crippen molar-refractivity contribution >= 4 is 46.0 Å². The summed E-state index contributed by atoms with van der Waals surface area (Å²) in [7, 11) is 1.57. The number of aromatic nitrogens is 3. The predicted octanol–water partition coefficient (Wildman–Crippen LogP) is 2.84. The summed E-state index contributed by atoms with van der Waals surface area (Å²) in [5.74, 6) is -0.980. The molecule has 3 rings (SSSR count). The summed E-state index contributed by atoms with van der Waals surface area (Å²) < 4.78 is 1.41. The molecular weight excluding hydrogens is 355 g/mol. The third-order valence-electron chi connectivity index (χ3n) is 3.68. The number of nitrogens with one attached hydrogen (secondary N) is 2. The average Bonchev–Trinajstić information content (AvgIpc) is 3.09. The van der Waals surface area contributed by atoms with Crippen molar-refractivity contribution in [2.75, 3.05) is 0 Å². The molecule has 0 bridgehead atoms. The van der Waals surface area contributed by atoms with Gasteiger partial charge in [0.05, 0.1) is 28.4 Å². The Balaban J connectivity index is 1.81. The van der Waals surface area contributed by atoms with E-state index in [1.54, 1.807) is 25.4 Å². The van der Waals surface area contributed by atoms with Gasteiger partial charge in [0, 0.05) is 24.1 Å². The summed E-state index contributed by atoms with van der Waals surface area (Å²) in [6, 6.07) is 3.27. The van der Waals surface area contributed by atoms with Crippen LogP contribution in [0.15, 0.2) is 24.5 Å². The van der Waals surface area contributed by atoms with Crippen molar-refractivity contribution < 1.29 is 14.7 Å². The normalized spacial score (nSPS) is 11.0. The summed E-state index contributed by atoms with van der Waals surface area (Å²) in [5, 5.41) is 13.1. The highest BCUT2D eigenvalue weighted by molar-refractivity contribution is 6.43. The molecule has 0 saturated heterocycles. The van der Waals surface area contributed by atoms with Crippen LogP contribution in [0.5, 0.6) is 0 Å². The van der Waals surface area contributed by atoms with Crippen molar-refractivity contribution in [3.63, 3.8) is 0 Å². The van der Waals surface area contributed by atoms with Gasteiger partial charge >= 0.3 is 5.97 Å². The Hall–Kier alpha value is -2.51. The van der Waals surface area contributed by atoms with Crippen LogP contribution in [-0.2, 0) is 13.6 Å². The first-order valence-electron chi connectivity index (χ1n) is 6.86. The van der Waals surface area contributed by atoms with Crippen molar-refractivity contribution in [2.24, 2.45) is 7.05 Å². The molecule has 0 aliphatic rings. The molecule has 0 atom stereocenters. The van der Waals surface area contributed by atoms with Crippen molar-refractivity contribution in [1.82, 2.24) is 19.9 Å². The standard InChI is InChI=1S/C15H12Cl2N4O3/c1-21-12(15(23)24)5-19-13(21)6-20-14(22)8-4-18-11-3-10(17)9(16)2-7(8)11/h2-5,18H,6H2,1H3,(H,20,22)(H,23,24). The second kappa shape index (κ2) is 6.18. The van der Waals surface area contributed by atoms with Gasteiger partial charge in [-0.3, -0.25) is 4.79 Å². The van der Waals surface area contributed by atoms with Crippen LogP contribution in [0.25, 0.3) is 10.9 Å². The molecule has 0 radical (unpaired) electrons. The quantitative estimate of drug-likeness (QED) is 0.660. The Morgan fingerprint density at radius 3 is 2.71 bits per heavy atom. The predicted molar refractivity (Wildman–Crippen MR) is 89.7 cm³/mol. The van der Waals surface area contributed by atoms with E-state index in [0.29, 0.717) is 32.3 Å². The molecule has 0 fully saturated rings. The van der Waals surface area contributed by atoms with Gasteiger partial charge < -0.3 is 20.0 Å². The number of H-pyrrole nitrogens is 1. The number of imidazole rings is 1. The zero-order valence-electron chi connectivity index (χ0n) is 12.4. The van der Waals surface area contributed by atoms with E-state index in [4.69, 9.17) is 28.3 Å². The third-order valence-corrected chi connectivity index (χ3v) is 4.40. The number of rotatable bonds is 4. The molecule has 24 heavy (non-hydrogen) atoms. The molecule has 0 aliphatic carbocycles. The van der Waals surface area contributed by atoms with E-state index >= 15 is 0 Å². The summed E-state index contributed by atoms with van der Waals surface area (Å²) in [6.07, 6.45) is 2.81. The first-order chi connectivity index (χ1) is 11.4. The Labute approximate surface area is 146 Å². The molecule has 7 nitrogen and oxygen atoms in total. The van der Waals surface area contributed by atoms with E-state index in [1.165, 1.54) is 10.8 Å². The fourth-order valence-electron chi connectivity index (χ4n) is 2.37. The number of nitrogens with zero attached hydrogens (tertiary/aromatic N) is 2. The number of halogens is 2. The number of aromatic amines is 1. The molecule has 2 aromatic heterocycles. The van der Waals surface area contributed by atoms with Gasteiger partial charge in [-0.05, 0) is 12.1 Å². The molecule has 124 valence electrons. The van der Waals surface area contributed by atoms with Gasteiger partial charge in [-0.15, -0.1) is 0 Å². The second-order valence-electron chi connectivity index (χ2n) is 5.12. The monoisotopic (exact) mass is 366 g/mol. The van der Waals surface area contributed by atoms with Crippen LogP contribution in [0.4, 0.5) is 0 Å². The van der Waals surface area contributed by atoms with Crippen LogP contribution >= 0.6 is 23.2 Å². The molecule has 2 heterocycles. The van der Waals surface area contributed by atoms with Crippen molar-refractivity contribution in [2.45, 2.75) is 6.54 Å². The summed E-state index contributed by atoms with van der Waals surface area (Å²) in [5.41, 5.74) is 1.16. The molecule has 0 unspecified atom stereocenters. The smallest absolute Gasteiger partial charge is 0.354 e. The topological polar surface area (TPSA) is 100 Å². The maximum absolute atomic E-state index is 12.4. The molecule has 1 aromatic carbocycles. The number of carboxylic acids is 1. The highest BCUT2D eigenvalue weighted by atomic mass is 35.5. The lowest BCUT2D eigenvalue weighted by Crippen LogP contribution is -2.24. The van der Waals surface area contributed by atoms with Crippen LogP contribution in [0.1, 0.15) is 26.7 Å². The maximum Gasteiger partial charge on any atom is 0.354 e. The lowest BCUT2D eigenvalue weighted by molar-refractivity contribution is 0.0686. The molecule has 3 aromatic rings. The van der Waals surface area contributed by atoms with Gasteiger partial charge in [0.15, 0.2) is 0 Å². The van der Waals surface area contributed by atoms with Crippen molar-refractivity contribution in [1.29, 1.82) is 0 Å². The Kier molecular flexibility index (Phi) is 4.21. The van der Waals surface area contributed by atoms with Gasteiger partial charge in [-0.1, -0.05) is 23.2 Å². The zero-order valence-corrected chi connectivity index (χ0v) is 13.9. The Morgan fingerprint density at radius 2 is 2.04 bits per heavy atom. The van der Waals surface area contributed by atoms with E-state index in [9.17, 15) is 9.59 Å². The van der Waals surface area contributed by atoms with E-state index in [2.05, 4.69) is 15.3 Å².